The van der Waals surface area contributed by atoms with Gasteiger partial charge in [-0.25, -0.2) is 0 Å². The Morgan fingerprint density at radius 3 is 1.79 bits per heavy atom. The molecule has 1 heterocycles. The quantitative estimate of drug-likeness (QED) is 0.0821. The number of halogens is 3. The van der Waals surface area contributed by atoms with Gasteiger partial charge in [-0.15, -0.1) is 0 Å². The van der Waals surface area contributed by atoms with Crippen molar-refractivity contribution in [2.75, 3.05) is 14.2 Å². The fourth-order valence-corrected chi connectivity index (χ4v) is 15.0. The van der Waals surface area contributed by atoms with Crippen LogP contribution in [0.15, 0.2) is 34.9 Å². The Morgan fingerprint density at radius 2 is 1.23 bits per heavy atom. The van der Waals surface area contributed by atoms with Crippen molar-refractivity contribution in [3.63, 3.8) is 0 Å². The number of fused-ring (bicyclic) bond motifs is 8. The fraction of sp³-hybridized carbons (Fsp3) is 0.765. The summed E-state index contributed by atoms with van der Waals surface area (Å²) in [5.41, 5.74) is 1.03. The topological polar surface area (TPSA) is 152 Å². The molecular formula is C51H72I3O11V. The van der Waals surface area contributed by atoms with Crippen LogP contribution in [0.5, 0.6) is 0 Å². The molecular weight excluding hydrogens is 1220 g/mol. The Labute approximate surface area is 430 Å². The predicted molar refractivity (Wildman–Crippen MR) is 273 cm³/mol. The molecule has 0 amide bonds. The van der Waals surface area contributed by atoms with Crippen LogP contribution in [-0.2, 0) is 57.4 Å². The van der Waals surface area contributed by atoms with E-state index in [0.717, 1.165) is 62.5 Å². The molecule has 5 saturated carbocycles. The van der Waals surface area contributed by atoms with Gasteiger partial charge in [-0.05, 0) is 108 Å². The number of esters is 4. The number of ether oxygens (including phenoxy) is 5. The van der Waals surface area contributed by atoms with Crippen LogP contribution in [-0.4, -0.2) is 72.6 Å². The van der Waals surface area contributed by atoms with Gasteiger partial charge in [-0.1, -0.05) is 71.8 Å². The zero-order chi connectivity index (χ0) is 47.9. The maximum absolute atomic E-state index is 13.0. The van der Waals surface area contributed by atoms with Crippen LogP contribution < -0.4 is 0 Å². The molecule has 4 unspecified atom stereocenters. The summed E-state index contributed by atoms with van der Waals surface area (Å²) in [4.78, 5) is 74.6. The minimum absolute atomic E-state index is 0. The fourth-order valence-electron chi connectivity index (χ4n) is 15.0. The third-order valence-electron chi connectivity index (χ3n) is 19.1. The molecule has 14 atom stereocenters. The zero-order valence-electron chi connectivity index (χ0n) is 39.7. The SMILES string of the molecule is C.CCC(=O)O[C@@]1(C)CCC2C3C(=CC[C@@]21C)[C@@]1(C)CCC(=O)C=C1C[C@H]3C(=O)OC.CCC(=O)O[C@@]1(C)CCC2C3[C@H](C(=O)OC)CC4=CC(=O)CC[C@]4(C)[C@]34O[C@@H]4C[C@@]21C.[I][V]([I])[I]. The normalized spacial score (nSPS) is 43.1. The summed E-state index contributed by atoms with van der Waals surface area (Å²) < 4.78 is 29.2. The molecule has 0 aromatic carbocycles. The molecule has 9 rings (SSSR count). The number of rotatable bonds is 6. The zero-order valence-corrected chi connectivity index (χ0v) is 47.6. The van der Waals surface area contributed by atoms with Crippen LogP contribution in [0, 0.1) is 57.2 Å². The van der Waals surface area contributed by atoms with E-state index in [1.54, 1.807) is 12.2 Å². The van der Waals surface area contributed by atoms with E-state index in [2.05, 4.69) is 108 Å². The van der Waals surface area contributed by atoms with Crippen molar-refractivity contribution >= 4 is 95.4 Å². The molecule has 8 aliphatic carbocycles. The second-order valence-corrected chi connectivity index (χ2v) is 56.9. The molecule has 0 aromatic heterocycles. The van der Waals surface area contributed by atoms with Gasteiger partial charge in [-0.2, -0.15) is 0 Å². The summed E-state index contributed by atoms with van der Waals surface area (Å²) in [5, 5.41) is 0. The monoisotopic (exact) mass is 1290 g/mol. The van der Waals surface area contributed by atoms with Gasteiger partial charge in [0.1, 0.15) is 16.8 Å². The number of allylic oxidation sites excluding steroid dienone is 4. The van der Waals surface area contributed by atoms with E-state index in [1.165, 1.54) is 19.8 Å². The van der Waals surface area contributed by atoms with Gasteiger partial charge >= 0.3 is 88.7 Å². The number of carbonyl (C=O) groups excluding carboxylic acids is 6. The summed E-state index contributed by atoms with van der Waals surface area (Å²) in [7, 11) is 2.89. The Morgan fingerprint density at radius 1 is 0.727 bits per heavy atom. The van der Waals surface area contributed by atoms with Crippen LogP contribution in [0.4, 0.5) is 0 Å². The first-order valence-corrected chi connectivity index (χ1v) is 37.1. The molecule has 15 heteroatoms. The Balaban J connectivity index is 0.000000199. The molecule has 11 nitrogen and oxygen atoms in total. The van der Waals surface area contributed by atoms with Crippen molar-refractivity contribution in [2.24, 2.45) is 57.2 Å². The summed E-state index contributed by atoms with van der Waals surface area (Å²) in [6, 6.07) is 0. The van der Waals surface area contributed by atoms with Crippen molar-refractivity contribution < 1.29 is 57.4 Å². The predicted octanol–water partition coefficient (Wildman–Crippen LogP) is 11.6. The molecule has 0 N–H and O–H groups in total. The van der Waals surface area contributed by atoms with Crippen molar-refractivity contribution in [1.29, 1.82) is 0 Å². The molecule has 6 fully saturated rings. The Bertz CT molecular complexity index is 2100. The van der Waals surface area contributed by atoms with Gasteiger partial charge in [0, 0.05) is 53.3 Å². The standard InChI is InChI=1S/C25H34O6.C25H34O5.CH4.3HI.V/c1-6-19(27)31-24(4)10-8-17-20-16(21(28)29-5)12-14-11-15(26)7-9-22(14,2)25(20)18(30-25)13-23(17,24)3;1-6-20(27)30-25(4)12-9-19-21-17(22(28)29-5)14-15-13-16(26)7-10-23(15,2)18(21)8-11-24(19,25)3;;;;;/h11,16-18,20H,6-10,12-13H2,1-5H3;8,13,17,19,21H,6-7,9-12,14H2,1-5H3;1H4;3*1H;/q;;;;;;+3/p-3/t16-,17?,18-,20?,22+,23+,24+,25-;17-,19?,21?,23+,24+,25+;;;;;/m11...../s1. The second kappa shape index (κ2) is 19.6. The summed E-state index contributed by atoms with van der Waals surface area (Å²) in [6.07, 6.45) is 15.4. The maximum atomic E-state index is 13.0. The molecule has 9 aliphatic rings. The molecule has 1 spiro atoms. The summed E-state index contributed by atoms with van der Waals surface area (Å²) in [6.45, 7) is 16.7. The number of hydrogen-bond acceptors (Lipinski definition) is 11. The average molecular weight is 1290 g/mol. The van der Waals surface area contributed by atoms with E-state index in [-0.39, 0.29) is 111 Å². The molecule has 66 heavy (non-hydrogen) atoms. The first-order chi connectivity index (χ1) is 30.4. The summed E-state index contributed by atoms with van der Waals surface area (Å²) >= 11 is 7.39. The molecule has 0 aromatic rings. The second-order valence-electron chi connectivity index (χ2n) is 21.6. The van der Waals surface area contributed by atoms with E-state index in [0.29, 0.717) is 38.5 Å². The van der Waals surface area contributed by atoms with E-state index >= 15 is 0 Å². The minimum atomic E-state index is -0.566. The molecule has 0 radical (unpaired) electrons. The van der Waals surface area contributed by atoms with Crippen LogP contribution in [0.1, 0.15) is 153 Å². The number of carbonyl (C=O) groups is 6. The van der Waals surface area contributed by atoms with Crippen LogP contribution in [0.3, 0.4) is 0 Å². The van der Waals surface area contributed by atoms with Crippen LogP contribution in [0.25, 0.3) is 0 Å². The Kier molecular flexibility index (Phi) is 16.2. The summed E-state index contributed by atoms with van der Waals surface area (Å²) in [5.74, 6) is -0.579. The van der Waals surface area contributed by atoms with Gasteiger partial charge in [0.15, 0.2) is 11.6 Å². The van der Waals surface area contributed by atoms with E-state index in [9.17, 15) is 28.8 Å². The van der Waals surface area contributed by atoms with E-state index in [4.69, 9.17) is 23.7 Å². The van der Waals surface area contributed by atoms with Gasteiger partial charge in [0.2, 0.25) is 0 Å². The van der Waals surface area contributed by atoms with Gasteiger partial charge < -0.3 is 23.7 Å². The van der Waals surface area contributed by atoms with Gasteiger partial charge in [-0.3, -0.25) is 28.8 Å². The third kappa shape index (κ3) is 8.63. The van der Waals surface area contributed by atoms with Gasteiger partial charge in [0.05, 0.1) is 32.2 Å². The van der Waals surface area contributed by atoms with Crippen molar-refractivity contribution in [1.82, 2.24) is 0 Å². The van der Waals surface area contributed by atoms with E-state index < -0.39 is 16.8 Å². The van der Waals surface area contributed by atoms with Crippen molar-refractivity contribution in [3.05, 3.63) is 34.9 Å². The van der Waals surface area contributed by atoms with E-state index in [1.807, 2.05) is 13.8 Å². The Hall–Kier alpha value is -0.826. The molecule has 0 bridgehead atoms. The average Bonchev–Trinajstić information content (AvgIpc) is 3.84. The number of epoxide rings is 1. The van der Waals surface area contributed by atoms with Crippen LogP contribution >= 0.6 is 59.9 Å². The number of hydrogen-bond donors (Lipinski definition) is 0. The molecule has 1 aliphatic heterocycles. The molecule has 1 saturated heterocycles. The van der Waals surface area contributed by atoms with Crippen LogP contribution in [0.2, 0.25) is 0 Å². The van der Waals surface area contributed by atoms with Crippen molar-refractivity contribution in [3.8, 4) is 0 Å². The first-order valence-electron chi connectivity index (χ1n) is 23.6. The number of ketones is 2. The van der Waals surface area contributed by atoms with Gasteiger partial charge in [0.25, 0.3) is 0 Å². The van der Waals surface area contributed by atoms with Crippen molar-refractivity contribution in [2.45, 2.75) is 176 Å². The molecule has 368 valence electrons. The first kappa shape index (κ1) is 54.5. The third-order valence-corrected chi connectivity index (χ3v) is 19.1. The number of methoxy groups -OCH3 is 2.